The van der Waals surface area contributed by atoms with Gasteiger partial charge < -0.3 is 15.5 Å². The molecule has 0 unspecified atom stereocenters. The van der Waals surface area contributed by atoms with Crippen LogP contribution in [0.25, 0.3) is 22.0 Å². The van der Waals surface area contributed by atoms with Crippen LogP contribution in [0.2, 0.25) is 0 Å². The number of hydrogen-bond acceptors (Lipinski definition) is 3. The summed E-state index contributed by atoms with van der Waals surface area (Å²) in [4.78, 5) is 15.9. The third-order valence-electron chi connectivity index (χ3n) is 4.24. The van der Waals surface area contributed by atoms with Crippen LogP contribution in [0.5, 0.6) is 5.75 Å². The summed E-state index contributed by atoms with van der Waals surface area (Å²) in [7, 11) is 0. The van der Waals surface area contributed by atoms with Gasteiger partial charge in [0.25, 0.3) is 0 Å². The molecule has 0 aliphatic carbocycles. The van der Waals surface area contributed by atoms with E-state index in [4.69, 9.17) is 10.1 Å². The third-order valence-corrected chi connectivity index (χ3v) is 4.24. The molecule has 2 aromatic carbocycles. The van der Waals surface area contributed by atoms with E-state index < -0.39 is 6.09 Å². The van der Waals surface area contributed by atoms with Crippen molar-refractivity contribution in [1.29, 1.82) is 0 Å². The van der Waals surface area contributed by atoms with Gasteiger partial charge in [-0.25, -0.2) is 4.79 Å². The van der Waals surface area contributed by atoms with E-state index in [2.05, 4.69) is 19.2 Å². The smallest absolute Gasteiger partial charge is 0.404 e. The SMILES string of the molecule is CC(C)Cc1nc2ccc(O)cc2c(-c2ccccc2)c1CNC(=O)O. The lowest BCUT2D eigenvalue weighted by atomic mass is 9.91. The number of aromatic hydroxyl groups is 1. The second-order valence-electron chi connectivity index (χ2n) is 6.74. The Kier molecular flexibility index (Phi) is 5.07. The molecule has 3 rings (SSSR count). The minimum Gasteiger partial charge on any atom is -0.508 e. The topological polar surface area (TPSA) is 82.5 Å². The molecule has 26 heavy (non-hydrogen) atoms. The van der Waals surface area contributed by atoms with Gasteiger partial charge in [-0.05, 0) is 41.7 Å². The van der Waals surface area contributed by atoms with E-state index >= 15 is 0 Å². The quantitative estimate of drug-likeness (QED) is 0.629. The zero-order valence-corrected chi connectivity index (χ0v) is 14.9. The van der Waals surface area contributed by atoms with Crippen LogP contribution in [0.4, 0.5) is 4.79 Å². The van der Waals surface area contributed by atoms with Crippen LogP contribution in [0.15, 0.2) is 48.5 Å². The average molecular weight is 350 g/mol. The number of carboxylic acid groups (broad SMARTS) is 1. The van der Waals surface area contributed by atoms with Gasteiger partial charge in [0.05, 0.1) is 5.52 Å². The Labute approximate surface area is 152 Å². The highest BCUT2D eigenvalue weighted by atomic mass is 16.4. The molecule has 1 heterocycles. The summed E-state index contributed by atoms with van der Waals surface area (Å²) in [6, 6.07) is 14.9. The van der Waals surface area contributed by atoms with Gasteiger partial charge in [-0.2, -0.15) is 0 Å². The predicted octanol–water partition coefficient (Wildman–Crippen LogP) is 4.57. The molecule has 0 bridgehead atoms. The van der Waals surface area contributed by atoms with E-state index in [1.54, 1.807) is 18.2 Å². The molecule has 5 heteroatoms. The van der Waals surface area contributed by atoms with Crippen molar-refractivity contribution < 1.29 is 15.0 Å². The van der Waals surface area contributed by atoms with Crippen LogP contribution >= 0.6 is 0 Å². The van der Waals surface area contributed by atoms with Crippen LogP contribution in [0.3, 0.4) is 0 Å². The number of rotatable bonds is 5. The van der Waals surface area contributed by atoms with E-state index in [1.165, 1.54) is 0 Å². The highest BCUT2D eigenvalue weighted by Crippen LogP contribution is 2.35. The predicted molar refractivity (Wildman–Crippen MR) is 102 cm³/mol. The number of phenolic OH excluding ortho intramolecular Hbond substituents is 1. The first kappa shape index (κ1) is 17.7. The van der Waals surface area contributed by atoms with Gasteiger partial charge in [0.2, 0.25) is 0 Å². The molecule has 1 aromatic heterocycles. The molecule has 1 amide bonds. The second-order valence-corrected chi connectivity index (χ2v) is 6.74. The molecule has 3 aromatic rings. The fourth-order valence-corrected chi connectivity index (χ4v) is 3.19. The maximum atomic E-state index is 11.1. The lowest BCUT2D eigenvalue weighted by molar-refractivity contribution is 0.194. The number of pyridine rings is 1. The van der Waals surface area contributed by atoms with Crippen molar-refractivity contribution >= 4 is 17.0 Å². The maximum Gasteiger partial charge on any atom is 0.404 e. The summed E-state index contributed by atoms with van der Waals surface area (Å²) in [6.07, 6.45) is -0.330. The lowest BCUT2D eigenvalue weighted by Crippen LogP contribution is -2.22. The summed E-state index contributed by atoms with van der Waals surface area (Å²) < 4.78 is 0. The Balaban J connectivity index is 2.33. The molecule has 0 atom stereocenters. The summed E-state index contributed by atoms with van der Waals surface area (Å²) in [5.41, 5.74) is 4.40. The highest BCUT2D eigenvalue weighted by Gasteiger charge is 2.18. The van der Waals surface area contributed by atoms with Crippen molar-refractivity contribution in [2.45, 2.75) is 26.8 Å². The Morgan fingerprint density at radius 2 is 1.88 bits per heavy atom. The van der Waals surface area contributed by atoms with Crippen LogP contribution in [0.1, 0.15) is 25.1 Å². The standard InChI is InChI=1S/C21H22N2O3/c1-13(2)10-19-17(12-22-21(25)26)20(14-6-4-3-5-7-14)16-11-15(24)8-9-18(16)23-19/h3-9,11,13,22,24H,10,12H2,1-2H3,(H,25,26). The normalized spacial score (nSPS) is 11.0. The monoisotopic (exact) mass is 350 g/mol. The molecule has 0 saturated carbocycles. The molecule has 0 aliphatic rings. The van der Waals surface area contributed by atoms with E-state index in [9.17, 15) is 9.90 Å². The fourth-order valence-electron chi connectivity index (χ4n) is 3.19. The summed E-state index contributed by atoms with van der Waals surface area (Å²) in [5, 5.41) is 22.4. The fraction of sp³-hybridized carbons (Fsp3) is 0.238. The molecule has 0 aliphatic heterocycles. The van der Waals surface area contributed by atoms with E-state index in [0.717, 1.165) is 39.7 Å². The van der Waals surface area contributed by atoms with Crippen molar-refractivity contribution in [2.75, 3.05) is 0 Å². The van der Waals surface area contributed by atoms with Gasteiger partial charge in [0.15, 0.2) is 0 Å². The van der Waals surface area contributed by atoms with Crippen molar-refractivity contribution in [2.24, 2.45) is 5.92 Å². The van der Waals surface area contributed by atoms with Gasteiger partial charge in [-0.1, -0.05) is 44.2 Å². The summed E-state index contributed by atoms with van der Waals surface area (Å²) in [5.74, 6) is 0.537. The van der Waals surface area contributed by atoms with Crippen LogP contribution < -0.4 is 5.32 Å². The van der Waals surface area contributed by atoms with E-state index in [-0.39, 0.29) is 12.3 Å². The molecule has 0 saturated heterocycles. The zero-order chi connectivity index (χ0) is 18.7. The minimum absolute atomic E-state index is 0.158. The number of benzene rings is 2. The van der Waals surface area contributed by atoms with E-state index in [1.807, 2.05) is 30.3 Å². The molecule has 5 nitrogen and oxygen atoms in total. The Hall–Kier alpha value is -3.08. The number of fused-ring (bicyclic) bond motifs is 1. The van der Waals surface area contributed by atoms with Crippen LogP contribution in [-0.4, -0.2) is 21.3 Å². The highest BCUT2D eigenvalue weighted by molar-refractivity contribution is 5.97. The van der Waals surface area contributed by atoms with Gasteiger partial charge in [0.1, 0.15) is 5.75 Å². The first-order valence-corrected chi connectivity index (χ1v) is 8.62. The zero-order valence-electron chi connectivity index (χ0n) is 14.9. The Bertz CT molecular complexity index is 937. The van der Waals surface area contributed by atoms with Crippen molar-refractivity contribution in [3.63, 3.8) is 0 Å². The first-order valence-electron chi connectivity index (χ1n) is 8.62. The number of phenols is 1. The number of amides is 1. The average Bonchev–Trinajstić information content (AvgIpc) is 2.60. The molecule has 134 valence electrons. The summed E-state index contributed by atoms with van der Waals surface area (Å²) >= 11 is 0. The molecular weight excluding hydrogens is 328 g/mol. The largest absolute Gasteiger partial charge is 0.508 e. The molecule has 0 radical (unpaired) electrons. The Morgan fingerprint density at radius 1 is 1.15 bits per heavy atom. The molecule has 3 N–H and O–H groups in total. The lowest BCUT2D eigenvalue weighted by Gasteiger charge is -2.19. The van der Waals surface area contributed by atoms with Crippen molar-refractivity contribution in [3.05, 3.63) is 59.8 Å². The molecular formula is C21H22N2O3. The number of nitrogens with zero attached hydrogens (tertiary/aromatic N) is 1. The van der Waals surface area contributed by atoms with Gasteiger partial charge >= 0.3 is 6.09 Å². The molecule has 0 fully saturated rings. The Morgan fingerprint density at radius 3 is 2.54 bits per heavy atom. The minimum atomic E-state index is -1.07. The van der Waals surface area contributed by atoms with Gasteiger partial charge in [-0.15, -0.1) is 0 Å². The third kappa shape index (κ3) is 3.77. The second kappa shape index (κ2) is 7.44. The summed E-state index contributed by atoms with van der Waals surface area (Å²) in [6.45, 7) is 4.39. The number of hydrogen-bond donors (Lipinski definition) is 3. The van der Waals surface area contributed by atoms with E-state index in [0.29, 0.717) is 5.92 Å². The molecule has 0 spiro atoms. The number of carbonyl (C=O) groups is 1. The van der Waals surface area contributed by atoms with Gasteiger partial charge in [0, 0.05) is 23.2 Å². The van der Waals surface area contributed by atoms with Crippen LogP contribution in [-0.2, 0) is 13.0 Å². The first-order chi connectivity index (χ1) is 12.5. The maximum absolute atomic E-state index is 11.1. The van der Waals surface area contributed by atoms with Crippen molar-refractivity contribution in [1.82, 2.24) is 10.3 Å². The van der Waals surface area contributed by atoms with Crippen molar-refractivity contribution in [3.8, 4) is 16.9 Å². The number of nitrogens with one attached hydrogen (secondary N) is 1. The van der Waals surface area contributed by atoms with Crippen LogP contribution in [0, 0.1) is 5.92 Å². The van der Waals surface area contributed by atoms with Gasteiger partial charge in [-0.3, -0.25) is 4.98 Å². The number of aromatic nitrogens is 1.